The Morgan fingerprint density at radius 3 is 2.56 bits per heavy atom. The Kier molecular flexibility index (Phi) is 6.48. The van der Waals surface area contributed by atoms with E-state index in [0.717, 1.165) is 24.2 Å². The molecule has 0 atom stereocenters. The molecule has 6 heteroatoms. The van der Waals surface area contributed by atoms with Gasteiger partial charge in [0, 0.05) is 10.6 Å². The summed E-state index contributed by atoms with van der Waals surface area (Å²) in [5.41, 5.74) is 2.27. The van der Waals surface area contributed by atoms with Gasteiger partial charge in [0.05, 0.1) is 24.5 Å². The number of aromatic nitrogens is 2. The Balaban J connectivity index is 2.29. The Morgan fingerprint density at radius 1 is 1.32 bits per heavy atom. The van der Waals surface area contributed by atoms with Crippen LogP contribution >= 0.6 is 11.6 Å². The van der Waals surface area contributed by atoms with Gasteiger partial charge in [-0.3, -0.25) is 4.68 Å². The number of nitrogens with zero attached hydrogens (tertiary/aromatic N) is 2. The van der Waals surface area contributed by atoms with E-state index in [1.54, 1.807) is 24.6 Å². The fourth-order valence-electron chi connectivity index (χ4n) is 2.87. The molecule has 1 N–H and O–H groups in total. The lowest BCUT2D eigenvalue weighted by Gasteiger charge is -2.17. The summed E-state index contributed by atoms with van der Waals surface area (Å²) in [6, 6.07) is 5.52. The molecular weight excluding hydrogens is 340 g/mol. The van der Waals surface area contributed by atoms with Crippen LogP contribution in [-0.4, -0.2) is 27.5 Å². The number of rotatable bonds is 8. The summed E-state index contributed by atoms with van der Waals surface area (Å²) in [6.07, 6.45) is 2.14. The predicted octanol–water partition coefficient (Wildman–Crippen LogP) is 4.71. The molecule has 0 aliphatic carbocycles. The molecule has 0 unspecified atom stereocenters. The third-order valence-electron chi connectivity index (χ3n) is 4.57. The molecule has 0 amide bonds. The van der Waals surface area contributed by atoms with Crippen LogP contribution < -0.4 is 4.74 Å². The van der Waals surface area contributed by atoms with Crippen molar-refractivity contribution in [3.8, 4) is 5.75 Å². The summed E-state index contributed by atoms with van der Waals surface area (Å²) in [6.45, 7) is 8.85. The van der Waals surface area contributed by atoms with E-state index in [9.17, 15) is 9.90 Å². The smallest absolute Gasteiger partial charge is 0.339 e. The molecule has 2 aromatic rings. The molecule has 0 aliphatic heterocycles. The van der Waals surface area contributed by atoms with Crippen LogP contribution in [-0.2, 0) is 6.54 Å². The van der Waals surface area contributed by atoms with E-state index in [1.807, 2.05) is 12.1 Å². The second kappa shape index (κ2) is 8.39. The molecule has 1 aromatic heterocycles. The van der Waals surface area contributed by atoms with E-state index in [-0.39, 0.29) is 5.56 Å². The first-order valence-corrected chi connectivity index (χ1v) is 8.93. The van der Waals surface area contributed by atoms with Gasteiger partial charge in [-0.1, -0.05) is 38.3 Å². The number of aryl methyl sites for hydroxylation is 1. The second-order valence-corrected chi connectivity index (χ2v) is 6.69. The van der Waals surface area contributed by atoms with Gasteiger partial charge in [-0.25, -0.2) is 4.79 Å². The van der Waals surface area contributed by atoms with Gasteiger partial charge in [-0.05, 0) is 38.0 Å². The zero-order valence-electron chi connectivity index (χ0n) is 15.2. The van der Waals surface area contributed by atoms with Crippen LogP contribution in [0.4, 0.5) is 0 Å². The average molecular weight is 365 g/mol. The molecular formula is C19H25ClN2O3. The Bertz CT molecular complexity index is 751. The van der Waals surface area contributed by atoms with Gasteiger partial charge in [-0.15, -0.1) is 0 Å². The van der Waals surface area contributed by atoms with Gasteiger partial charge in [0.25, 0.3) is 0 Å². The molecule has 0 aliphatic rings. The van der Waals surface area contributed by atoms with Gasteiger partial charge in [0.1, 0.15) is 11.3 Å². The number of hydrogen-bond donors (Lipinski definition) is 1. The summed E-state index contributed by atoms with van der Waals surface area (Å²) in [5, 5.41) is 14.3. The van der Waals surface area contributed by atoms with Crippen molar-refractivity contribution in [2.24, 2.45) is 5.92 Å². The number of aromatic carboxylic acids is 1. The van der Waals surface area contributed by atoms with Gasteiger partial charge in [0.15, 0.2) is 0 Å². The van der Waals surface area contributed by atoms with Crippen LogP contribution in [0.2, 0.25) is 5.02 Å². The van der Waals surface area contributed by atoms with Crippen LogP contribution in [0.3, 0.4) is 0 Å². The Hall–Kier alpha value is -2.01. The van der Waals surface area contributed by atoms with Crippen LogP contribution in [0.15, 0.2) is 18.2 Å². The maximum absolute atomic E-state index is 11.4. The molecule has 1 aromatic carbocycles. The molecule has 0 spiro atoms. The SMILES string of the molecule is CCC(CC)COc1ccc(Cl)cc1Cn1nc(C)c(C(=O)O)c1C. The average Bonchev–Trinajstić information content (AvgIpc) is 2.84. The number of hydrogen-bond acceptors (Lipinski definition) is 3. The number of ether oxygens (including phenoxy) is 1. The molecule has 0 bridgehead atoms. The lowest BCUT2D eigenvalue weighted by atomic mass is 10.1. The highest BCUT2D eigenvalue weighted by atomic mass is 35.5. The van der Waals surface area contributed by atoms with Crippen molar-refractivity contribution in [1.29, 1.82) is 0 Å². The zero-order chi connectivity index (χ0) is 18.6. The topological polar surface area (TPSA) is 64.4 Å². The highest BCUT2D eigenvalue weighted by Crippen LogP contribution is 2.26. The van der Waals surface area contributed by atoms with E-state index in [1.165, 1.54) is 0 Å². The molecule has 2 rings (SSSR count). The van der Waals surface area contributed by atoms with Gasteiger partial charge in [-0.2, -0.15) is 5.10 Å². The normalized spacial score (nSPS) is 11.1. The van der Waals surface area contributed by atoms with Crippen molar-refractivity contribution >= 4 is 17.6 Å². The van der Waals surface area contributed by atoms with Crippen LogP contribution in [0.25, 0.3) is 0 Å². The van der Waals surface area contributed by atoms with Gasteiger partial charge >= 0.3 is 5.97 Å². The van der Waals surface area contributed by atoms with Crippen molar-refractivity contribution in [3.63, 3.8) is 0 Å². The van der Waals surface area contributed by atoms with Crippen molar-refractivity contribution in [2.45, 2.75) is 47.1 Å². The third kappa shape index (κ3) is 4.54. The molecule has 0 fully saturated rings. The fraction of sp³-hybridized carbons (Fsp3) is 0.474. The standard InChI is InChI=1S/C19H25ClN2O3/c1-5-14(6-2)11-25-17-8-7-16(20)9-15(17)10-22-13(4)18(19(23)24)12(3)21-22/h7-9,14H,5-6,10-11H2,1-4H3,(H,23,24). The largest absolute Gasteiger partial charge is 0.493 e. The van der Waals surface area contributed by atoms with Gasteiger partial charge in [0.2, 0.25) is 0 Å². The minimum Gasteiger partial charge on any atom is -0.493 e. The number of carbonyl (C=O) groups is 1. The molecule has 0 radical (unpaired) electrons. The quantitative estimate of drug-likeness (QED) is 0.736. The molecule has 25 heavy (non-hydrogen) atoms. The Morgan fingerprint density at radius 2 is 2.00 bits per heavy atom. The zero-order valence-corrected chi connectivity index (χ0v) is 15.9. The lowest BCUT2D eigenvalue weighted by Crippen LogP contribution is -2.12. The van der Waals surface area contributed by atoms with E-state index in [2.05, 4.69) is 18.9 Å². The van der Waals surface area contributed by atoms with Crippen molar-refractivity contribution in [2.75, 3.05) is 6.61 Å². The minimum atomic E-state index is -0.961. The maximum Gasteiger partial charge on any atom is 0.339 e. The predicted molar refractivity (Wildman–Crippen MR) is 98.8 cm³/mol. The van der Waals surface area contributed by atoms with Crippen LogP contribution in [0.5, 0.6) is 5.75 Å². The monoisotopic (exact) mass is 364 g/mol. The lowest BCUT2D eigenvalue weighted by molar-refractivity contribution is 0.0695. The maximum atomic E-state index is 11.4. The number of carboxylic acid groups (broad SMARTS) is 1. The van der Waals surface area contributed by atoms with Gasteiger partial charge < -0.3 is 9.84 Å². The van der Waals surface area contributed by atoms with E-state index in [0.29, 0.717) is 35.5 Å². The number of benzene rings is 1. The summed E-state index contributed by atoms with van der Waals surface area (Å²) in [5.74, 6) is 0.314. The number of halogens is 1. The summed E-state index contributed by atoms with van der Waals surface area (Å²) < 4.78 is 7.71. The molecule has 5 nitrogen and oxygen atoms in total. The number of carboxylic acids is 1. The van der Waals surface area contributed by atoms with Crippen molar-refractivity contribution < 1.29 is 14.6 Å². The third-order valence-corrected chi connectivity index (χ3v) is 4.80. The minimum absolute atomic E-state index is 0.251. The summed E-state index contributed by atoms with van der Waals surface area (Å²) in [4.78, 5) is 11.4. The van der Waals surface area contributed by atoms with Crippen molar-refractivity contribution in [1.82, 2.24) is 9.78 Å². The second-order valence-electron chi connectivity index (χ2n) is 6.25. The van der Waals surface area contributed by atoms with E-state index in [4.69, 9.17) is 16.3 Å². The van der Waals surface area contributed by atoms with E-state index < -0.39 is 5.97 Å². The first-order valence-electron chi connectivity index (χ1n) is 8.55. The highest BCUT2D eigenvalue weighted by molar-refractivity contribution is 6.30. The van der Waals surface area contributed by atoms with Crippen LogP contribution in [0.1, 0.15) is 54.0 Å². The molecule has 1 heterocycles. The first-order chi connectivity index (χ1) is 11.9. The van der Waals surface area contributed by atoms with Crippen LogP contribution in [0, 0.1) is 19.8 Å². The van der Waals surface area contributed by atoms with Crippen molar-refractivity contribution in [3.05, 3.63) is 45.7 Å². The fourth-order valence-corrected chi connectivity index (χ4v) is 3.06. The molecule has 0 saturated carbocycles. The molecule has 0 saturated heterocycles. The molecule has 136 valence electrons. The first kappa shape index (κ1) is 19.3. The summed E-state index contributed by atoms with van der Waals surface area (Å²) in [7, 11) is 0. The highest BCUT2D eigenvalue weighted by Gasteiger charge is 2.19. The van der Waals surface area contributed by atoms with E-state index >= 15 is 0 Å². The summed E-state index contributed by atoms with van der Waals surface area (Å²) >= 11 is 6.15. The Labute approximate surface area is 153 Å².